The molecule has 0 fully saturated rings. The number of nitrogens with one attached hydrogen (secondary N) is 2. The van der Waals surface area contributed by atoms with Crippen LogP contribution in [0.2, 0.25) is 0 Å². The molecule has 0 spiro atoms. The zero-order valence-corrected chi connectivity index (χ0v) is 13.8. The molecule has 2 amide bonds. The van der Waals surface area contributed by atoms with Crippen molar-refractivity contribution in [2.24, 2.45) is 5.41 Å². The first-order chi connectivity index (χ1) is 10.6. The normalized spacial score (nSPS) is 14.0. The average Bonchev–Trinajstić information content (AvgIpc) is 2.42. The minimum absolute atomic E-state index is 0.0256. The zero-order valence-electron chi connectivity index (χ0n) is 13.8. The maximum absolute atomic E-state index is 13.4. The third-order valence-corrected chi connectivity index (χ3v) is 3.22. The number of rotatable bonds is 6. The minimum Gasteiger partial charge on any atom is -0.488 e. The first-order valence-corrected chi connectivity index (χ1v) is 7.40. The number of halogens is 2. The summed E-state index contributed by atoms with van der Waals surface area (Å²) in [7, 11) is 0. The molecule has 0 aliphatic carbocycles. The lowest BCUT2D eigenvalue weighted by Crippen LogP contribution is -2.47. The maximum atomic E-state index is 13.4. The molecule has 1 aromatic rings. The molecule has 0 aliphatic rings. The molecular formula is C16H24F2N2O3. The number of hydrogen-bond donors (Lipinski definition) is 3. The van der Waals surface area contributed by atoms with E-state index in [1.54, 1.807) is 6.92 Å². The lowest BCUT2D eigenvalue weighted by atomic mass is 9.89. The predicted octanol–water partition coefficient (Wildman–Crippen LogP) is 2.44. The van der Waals surface area contributed by atoms with Gasteiger partial charge in [0.1, 0.15) is 12.4 Å². The highest BCUT2D eigenvalue weighted by Crippen LogP contribution is 2.18. The van der Waals surface area contributed by atoms with Gasteiger partial charge in [0.05, 0.1) is 12.1 Å². The van der Waals surface area contributed by atoms with Gasteiger partial charge in [0, 0.05) is 12.6 Å². The van der Waals surface area contributed by atoms with Crippen LogP contribution in [0.4, 0.5) is 13.6 Å². The number of benzene rings is 1. The van der Waals surface area contributed by atoms with Crippen molar-refractivity contribution in [1.82, 2.24) is 10.6 Å². The number of hydrogen-bond acceptors (Lipinski definition) is 3. The van der Waals surface area contributed by atoms with Gasteiger partial charge in [-0.05, 0) is 24.5 Å². The first-order valence-electron chi connectivity index (χ1n) is 7.40. The summed E-state index contributed by atoms with van der Waals surface area (Å²) >= 11 is 0. The van der Waals surface area contributed by atoms with Gasteiger partial charge in [-0.2, -0.15) is 0 Å². The SMILES string of the molecule is CC(COc1ccc(F)cc1F)NC(=O)NCC(O)C(C)(C)C. The van der Waals surface area contributed by atoms with Crippen molar-refractivity contribution in [3.8, 4) is 5.75 Å². The molecule has 0 saturated heterocycles. The number of carbonyl (C=O) groups is 1. The van der Waals surface area contributed by atoms with E-state index in [9.17, 15) is 18.7 Å². The molecule has 0 aliphatic heterocycles. The Kier molecular flexibility index (Phi) is 6.75. The van der Waals surface area contributed by atoms with Crippen LogP contribution in [0.25, 0.3) is 0 Å². The third-order valence-electron chi connectivity index (χ3n) is 3.22. The predicted molar refractivity (Wildman–Crippen MR) is 83.3 cm³/mol. The molecule has 1 rings (SSSR count). The van der Waals surface area contributed by atoms with Crippen LogP contribution < -0.4 is 15.4 Å². The number of urea groups is 1. The van der Waals surface area contributed by atoms with E-state index in [2.05, 4.69) is 10.6 Å². The second-order valence-corrected chi connectivity index (χ2v) is 6.52. The van der Waals surface area contributed by atoms with Crippen molar-refractivity contribution < 1.29 is 23.4 Å². The van der Waals surface area contributed by atoms with E-state index in [-0.39, 0.29) is 24.3 Å². The van der Waals surface area contributed by atoms with Gasteiger partial charge in [-0.1, -0.05) is 20.8 Å². The quantitative estimate of drug-likeness (QED) is 0.750. The van der Waals surface area contributed by atoms with Gasteiger partial charge in [-0.25, -0.2) is 13.6 Å². The van der Waals surface area contributed by atoms with Crippen LogP contribution in [0.5, 0.6) is 5.75 Å². The molecule has 130 valence electrons. The van der Waals surface area contributed by atoms with Gasteiger partial charge < -0.3 is 20.5 Å². The van der Waals surface area contributed by atoms with E-state index in [4.69, 9.17) is 4.74 Å². The highest BCUT2D eigenvalue weighted by Gasteiger charge is 2.22. The first kappa shape index (κ1) is 19.2. The molecule has 0 radical (unpaired) electrons. The van der Waals surface area contributed by atoms with Gasteiger partial charge in [0.25, 0.3) is 0 Å². The standard InChI is InChI=1S/C16H24F2N2O3/c1-10(9-23-13-6-5-11(17)7-12(13)18)20-15(22)19-8-14(21)16(2,3)4/h5-7,10,14,21H,8-9H2,1-4H3,(H2,19,20,22). The summed E-state index contributed by atoms with van der Waals surface area (Å²) in [5.41, 5.74) is -0.331. The fourth-order valence-corrected chi connectivity index (χ4v) is 1.62. The Morgan fingerprint density at radius 3 is 2.57 bits per heavy atom. The van der Waals surface area contributed by atoms with Crippen LogP contribution in [0.3, 0.4) is 0 Å². The lowest BCUT2D eigenvalue weighted by molar-refractivity contribution is 0.0648. The Morgan fingerprint density at radius 1 is 1.35 bits per heavy atom. The van der Waals surface area contributed by atoms with Crippen molar-refractivity contribution in [2.75, 3.05) is 13.2 Å². The summed E-state index contributed by atoms with van der Waals surface area (Å²) in [4.78, 5) is 11.7. The molecule has 0 heterocycles. The van der Waals surface area contributed by atoms with Gasteiger partial charge in [-0.15, -0.1) is 0 Å². The summed E-state index contributed by atoms with van der Waals surface area (Å²) in [6.07, 6.45) is -0.673. The van der Waals surface area contributed by atoms with E-state index >= 15 is 0 Å². The summed E-state index contributed by atoms with van der Waals surface area (Å²) in [6.45, 7) is 7.43. The summed E-state index contributed by atoms with van der Waals surface area (Å²) in [6, 6.07) is 2.16. The Bertz CT molecular complexity index is 533. The van der Waals surface area contributed by atoms with Crippen LogP contribution in [-0.2, 0) is 0 Å². The second kappa shape index (κ2) is 8.10. The van der Waals surface area contributed by atoms with E-state index in [1.165, 1.54) is 6.07 Å². The van der Waals surface area contributed by atoms with Gasteiger partial charge in [0.15, 0.2) is 11.6 Å². The molecule has 0 saturated carbocycles. The van der Waals surface area contributed by atoms with Crippen LogP contribution in [0.15, 0.2) is 18.2 Å². The lowest BCUT2D eigenvalue weighted by Gasteiger charge is -2.26. The van der Waals surface area contributed by atoms with Crippen molar-refractivity contribution in [3.05, 3.63) is 29.8 Å². The van der Waals surface area contributed by atoms with Crippen LogP contribution in [0.1, 0.15) is 27.7 Å². The number of aliphatic hydroxyl groups excluding tert-OH is 1. The van der Waals surface area contributed by atoms with Crippen molar-refractivity contribution in [1.29, 1.82) is 0 Å². The Balaban J connectivity index is 2.35. The number of aliphatic hydroxyl groups is 1. The number of amides is 2. The molecule has 0 bridgehead atoms. The highest BCUT2D eigenvalue weighted by molar-refractivity contribution is 5.74. The molecule has 2 unspecified atom stereocenters. The van der Waals surface area contributed by atoms with Crippen LogP contribution in [-0.4, -0.2) is 36.4 Å². The van der Waals surface area contributed by atoms with Gasteiger partial charge in [-0.3, -0.25) is 0 Å². The molecule has 5 nitrogen and oxygen atoms in total. The number of ether oxygens (including phenoxy) is 1. The number of carbonyl (C=O) groups excluding carboxylic acids is 1. The van der Waals surface area contributed by atoms with Crippen molar-refractivity contribution in [2.45, 2.75) is 39.8 Å². The van der Waals surface area contributed by atoms with Crippen LogP contribution in [0, 0.1) is 17.0 Å². The zero-order chi connectivity index (χ0) is 17.6. The van der Waals surface area contributed by atoms with E-state index < -0.39 is 29.8 Å². The van der Waals surface area contributed by atoms with E-state index in [0.29, 0.717) is 0 Å². The van der Waals surface area contributed by atoms with Gasteiger partial charge in [0.2, 0.25) is 0 Å². The second-order valence-electron chi connectivity index (χ2n) is 6.52. The summed E-state index contributed by atoms with van der Waals surface area (Å²) < 4.78 is 31.4. The molecule has 7 heteroatoms. The average molecular weight is 330 g/mol. The molecular weight excluding hydrogens is 306 g/mol. The van der Waals surface area contributed by atoms with Crippen molar-refractivity contribution in [3.63, 3.8) is 0 Å². The topological polar surface area (TPSA) is 70.6 Å². The van der Waals surface area contributed by atoms with Crippen LogP contribution >= 0.6 is 0 Å². The molecule has 1 aromatic carbocycles. The van der Waals surface area contributed by atoms with E-state index in [1.807, 2.05) is 20.8 Å². The molecule has 3 N–H and O–H groups in total. The fourth-order valence-electron chi connectivity index (χ4n) is 1.62. The molecule has 0 aromatic heterocycles. The maximum Gasteiger partial charge on any atom is 0.315 e. The Labute approximate surface area is 135 Å². The third kappa shape index (κ3) is 6.81. The smallest absolute Gasteiger partial charge is 0.315 e. The molecule has 23 heavy (non-hydrogen) atoms. The minimum atomic E-state index is -0.796. The Morgan fingerprint density at radius 2 is 2.00 bits per heavy atom. The van der Waals surface area contributed by atoms with Gasteiger partial charge >= 0.3 is 6.03 Å². The largest absolute Gasteiger partial charge is 0.488 e. The summed E-state index contributed by atoms with van der Waals surface area (Å²) in [5.74, 6) is -1.56. The molecule has 2 atom stereocenters. The summed E-state index contributed by atoms with van der Waals surface area (Å²) in [5, 5.41) is 15.0. The van der Waals surface area contributed by atoms with Crippen molar-refractivity contribution >= 4 is 6.03 Å². The Hall–Kier alpha value is -1.89. The highest BCUT2D eigenvalue weighted by atomic mass is 19.1. The fraction of sp³-hybridized carbons (Fsp3) is 0.562. The monoisotopic (exact) mass is 330 g/mol. The van der Waals surface area contributed by atoms with E-state index in [0.717, 1.165) is 12.1 Å².